The molecular formula is C17H28N4O3. The van der Waals surface area contributed by atoms with Crippen LogP contribution in [0.1, 0.15) is 37.3 Å². The molecule has 1 aromatic rings. The number of amides is 2. The molecular weight excluding hydrogens is 308 g/mol. The summed E-state index contributed by atoms with van der Waals surface area (Å²) in [6.45, 7) is 3.89. The average molecular weight is 336 g/mol. The highest BCUT2D eigenvalue weighted by Crippen LogP contribution is 2.40. The summed E-state index contributed by atoms with van der Waals surface area (Å²) >= 11 is 0. The van der Waals surface area contributed by atoms with Crippen LogP contribution in [0.15, 0.2) is 10.7 Å². The largest absolute Gasteiger partial charge is 0.447 e. The van der Waals surface area contributed by atoms with Crippen molar-refractivity contribution < 1.29 is 13.9 Å². The fourth-order valence-corrected chi connectivity index (χ4v) is 3.65. The van der Waals surface area contributed by atoms with Crippen molar-refractivity contribution in [3.8, 4) is 0 Å². The summed E-state index contributed by atoms with van der Waals surface area (Å²) in [5.74, 6) is 0.664. The van der Waals surface area contributed by atoms with Crippen molar-refractivity contribution in [1.29, 1.82) is 0 Å². The molecule has 3 rings (SSSR count). The molecule has 0 radical (unpaired) electrons. The average Bonchev–Trinajstić information content (AvgIpc) is 3.11. The van der Waals surface area contributed by atoms with Gasteiger partial charge in [-0.05, 0) is 26.9 Å². The van der Waals surface area contributed by atoms with Gasteiger partial charge in [-0.15, -0.1) is 0 Å². The van der Waals surface area contributed by atoms with Gasteiger partial charge in [0.1, 0.15) is 6.26 Å². The predicted octanol–water partition coefficient (Wildman–Crippen LogP) is 1.84. The van der Waals surface area contributed by atoms with Crippen LogP contribution < -0.4 is 5.32 Å². The SMILES string of the molecule is CN(C)Cc1nc(CNC(=O)N2CCOCC3(CCCC3)C2)co1. The summed E-state index contributed by atoms with van der Waals surface area (Å²) in [7, 11) is 3.93. The molecule has 0 unspecified atom stereocenters. The molecule has 1 saturated carbocycles. The first-order valence-electron chi connectivity index (χ1n) is 8.75. The predicted molar refractivity (Wildman–Crippen MR) is 89.4 cm³/mol. The maximum absolute atomic E-state index is 12.5. The smallest absolute Gasteiger partial charge is 0.317 e. The van der Waals surface area contributed by atoms with E-state index in [-0.39, 0.29) is 11.4 Å². The third kappa shape index (κ3) is 4.27. The molecule has 1 N–H and O–H groups in total. The Kier molecular flexibility index (Phi) is 5.40. The Morgan fingerprint density at radius 2 is 2.21 bits per heavy atom. The number of hydrogen-bond donors (Lipinski definition) is 1. The summed E-state index contributed by atoms with van der Waals surface area (Å²) in [5.41, 5.74) is 0.919. The Morgan fingerprint density at radius 1 is 1.42 bits per heavy atom. The number of carbonyl (C=O) groups excluding carboxylic acids is 1. The van der Waals surface area contributed by atoms with Crippen LogP contribution in [0.3, 0.4) is 0 Å². The topological polar surface area (TPSA) is 70.8 Å². The van der Waals surface area contributed by atoms with Crippen LogP contribution in [-0.4, -0.2) is 61.2 Å². The first-order valence-corrected chi connectivity index (χ1v) is 8.75. The number of urea groups is 1. The number of hydrogen-bond acceptors (Lipinski definition) is 5. The van der Waals surface area contributed by atoms with Gasteiger partial charge in [-0.25, -0.2) is 9.78 Å². The van der Waals surface area contributed by atoms with E-state index in [1.807, 2.05) is 23.9 Å². The lowest BCUT2D eigenvalue weighted by Gasteiger charge is -2.31. The van der Waals surface area contributed by atoms with E-state index in [1.165, 1.54) is 12.8 Å². The van der Waals surface area contributed by atoms with Gasteiger partial charge >= 0.3 is 6.03 Å². The van der Waals surface area contributed by atoms with Crippen LogP contribution in [0.5, 0.6) is 0 Å². The van der Waals surface area contributed by atoms with E-state index < -0.39 is 0 Å². The zero-order chi connectivity index (χ0) is 17.0. The molecule has 0 bridgehead atoms. The minimum atomic E-state index is -0.0380. The van der Waals surface area contributed by atoms with Crippen molar-refractivity contribution in [2.24, 2.45) is 5.41 Å². The molecule has 1 spiro atoms. The third-order valence-corrected chi connectivity index (χ3v) is 4.86. The number of nitrogens with one attached hydrogen (secondary N) is 1. The first kappa shape index (κ1) is 17.2. The van der Waals surface area contributed by atoms with Crippen molar-refractivity contribution in [2.75, 3.05) is 40.4 Å². The maximum atomic E-state index is 12.5. The van der Waals surface area contributed by atoms with Crippen molar-refractivity contribution in [2.45, 2.75) is 38.8 Å². The molecule has 0 atom stereocenters. The number of carbonyl (C=O) groups is 1. The Labute approximate surface area is 143 Å². The molecule has 1 aromatic heterocycles. The molecule has 2 fully saturated rings. The van der Waals surface area contributed by atoms with Gasteiger partial charge in [0.2, 0.25) is 5.89 Å². The molecule has 0 aromatic carbocycles. The van der Waals surface area contributed by atoms with E-state index in [0.29, 0.717) is 32.1 Å². The zero-order valence-electron chi connectivity index (χ0n) is 14.7. The highest BCUT2D eigenvalue weighted by atomic mass is 16.5. The van der Waals surface area contributed by atoms with E-state index in [0.717, 1.165) is 31.7 Å². The van der Waals surface area contributed by atoms with E-state index in [1.54, 1.807) is 6.26 Å². The van der Waals surface area contributed by atoms with Gasteiger partial charge in [-0.2, -0.15) is 0 Å². The number of nitrogens with zero attached hydrogens (tertiary/aromatic N) is 3. The molecule has 24 heavy (non-hydrogen) atoms. The standard InChI is InChI=1S/C17H28N4O3/c1-20(2)10-15-19-14(11-24-15)9-18-16(22)21-7-8-23-13-17(12-21)5-3-4-6-17/h11H,3-10,12-13H2,1-2H3,(H,18,22). The Bertz CT molecular complexity index is 552. The van der Waals surface area contributed by atoms with Gasteiger partial charge in [0.05, 0.1) is 32.0 Å². The van der Waals surface area contributed by atoms with Crippen molar-refractivity contribution >= 4 is 6.03 Å². The number of ether oxygens (including phenoxy) is 1. The highest BCUT2D eigenvalue weighted by molar-refractivity contribution is 5.74. The fraction of sp³-hybridized carbons (Fsp3) is 0.765. The quantitative estimate of drug-likeness (QED) is 0.908. The molecule has 2 aliphatic rings. The number of oxazole rings is 1. The van der Waals surface area contributed by atoms with Crippen molar-refractivity contribution in [1.82, 2.24) is 20.1 Å². The van der Waals surface area contributed by atoms with Gasteiger partial charge < -0.3 is 24.3 Å². The minimum absolute atomic E-state index is 0.0380. The zero-order valence-corrected chi connectivity index (χ0v) is 14.7. The highest BCUT2D eigenvalue weighted by Gasteiger charge is 2.38. The fourth-order valence-electron chi connectivity index (χ4n) is 3.65. The Morgan fingerprint density at radius 3 is 2.96 bits per heavy atom. The van der Waals surface area contributed by atoms with E-state index in [2.05, 4.69) is 10.3 Å². The first-order chi connectivity index (χ1) is 11.6. The Hall–Kier alpha value is -1.60. The molecule has 7 heteroatoms. The molecule has 1 saturated heterocycles. The van der Waals surface area contributed by atoms with Crippen LogP contribution in [-0.2, 0) is 17.8 Å². The molecule has 1 aliphatic heterocycles. The second kappa shape index (κ2) is 7.53. The minimum Gasteiger partial charge on any atom is -0.447 e. The lowest BCUT2D eigenvalue weighted by atomic mass is 9.87. The molecule has 7 nitrogen and oxygen atoms in total. The van der Waals surface area contributed by atoms with Gasteiger partial charge in [0, 0.05) is 18.5 Å². The number of aromatic nitrogens is 1. The van der Waals surface area contributed by atoms with E-state index >= 15 is 0 Å². The van der Waals surface area contributed by atoms with Crippen LogP contribution in [0.4, 0.5) is 4.79 Å². The van der Waals surface area contributed by atoms with Gasteiger partial charge in [0.15, 0.2) is 0 Å². The summed E-state index contributed by atoms with van der Waals surface area (Å²) in [4.78, 5) is 20.8. The van der Waals surface area contributed by atoms with Gasteiger partial charge in [-0.3, -0.25) is 0 Å². The van der Waals surface area contributed by atoms with E-state index in [9.17, 15) is 4.79 Å². The molecule has 2 heterocycles. The Balaban J connectivity index is 1.53. The lowest BCUT2D eigenvalue weighted by molar-refractivity contribution is 0.0717. The van der Waals surface area contributed by atoms with Crippen LogP contribution in [0.2, 0.25) is 0 Å². The van der Waals surface area contributed by atoms with E-state index in [4.69, 9.17) is 9.15 Å². The summed E-state index contributed by atoms with van der Waals surface area (Å²) in [6, 6.07) is -0.0380. The maximum Gasteiger partial charge on any atom is 0.317 e. The van der Waals surface area contributed by atoms with Crippen molar-refractivity contribution in [3.63, 3.8) is 0 Å². The van der Waals surface area contributed by atoms with Gasteiger partial charge in [-0.1, -0.05) is 12.8 Å². The monoisotopic (exact) mass is 336 g/mol. The lowest BCUT2D eigenvalue weighted by Crippen LogP contribution is -2.45. The molecule has 1 aliphatic carbocycles. The molecule has 2 amide bonds. The second-order valence-corrected chi connectivity index (χ2v) is 7.31. The summed E-state index contributed by atoms with van der Waals surface area (Å²) in [6.07, 6.45) is 6.42. The normalized spacial score (nSPS) is 20.5. The van der Waals surface area contributed by atoms with Crippen LogP contribution >= 0.6 is 0 Å². The van der Waals surface area contributed by atoms with Crippen molar-refractivity contribution in [3.05, 3.63) is 17.8 Å². The third-order valence-electron chi connectivity index (χ3n) is 4.86. The second-order valence-electron chi connectivity index (χ2n) is 7.31. The number of rotatable bonds is 4. The van der Waals surface area contributed by atoms with Crippen LogP contribution in [0, 0.1) is 5.41 Å². The molecule has 134 valence electrons. The summed E-state index contributed by atoms with van der Waals surface area (Å²) in [5, 5.41) is 2.96. The summed E-state index contributed by atoms with van der Waals surface area (Å²) < 4.78 is 11.2. The van der Waals surface area contributed by atoms with Gasteiger partial charge in [0.25, 0.3) is 0 Å². The van der Waals surface area contributed by atoms with Crippen LogP contribution in [0.25, 0.3) is 0 Å².